The van der Waals surface area contributed by atoms with Crippen molar-refractivity contribution in [2.75, 3.05) is 24.7 Å². The first-order valence-corrected chi connectivity index (χ1v) is 17.3. The van der Waals surface area contributed by atoms with E-state index in [1.54, 1.807) is 0 Å². The van der Waals surface area contributed by atoms with E-state index in [2.05, 4.69) is 67.1 Å². The number of amides is 2. The van der Waals surface area contributed by atoms with Gasteiger partial charge in [0.25, 0.3) is 0 Å². The SMILES string of the molecule is O=C(N[C@@H](Cc1ccccc1)[C@H](Cc1ccccc1)n1cc(CN2CCC3(CC2)C(=O)NCN3c2ccccc2)nn1)OC1CCCC1. The molecule has 3 heterocycles. The Morgan fingerprint density at radius 3 is 2.19 bits per heavy atom. The van der Waals surface area contributed by atoms with Gasteiger partial charge in [0, 0.05) is 25.3 Å². The molecule has 4 aromatic rings. The lowest BCUT2D eigenvalue weighted by molar-refractivity contribution is -0.125. The third-order valence-electron chi connectivity index (χ3n) is 10.3. The molecule has 10 nitrogen and oxygen atoms in total. The van der Waals surface area contributed by atoms with Crippen LogP contribution in [0, 0.1) is 0 Å². The highest BCUT2D eigenvalue weighted by atomic mass is 16.6. The predicted molar refractivity (Wildman–Crippen MR) is 184 cm³/mol. The maximum absolute atomic E-state index is 13.3. The summed E-state index contributed by atoms with van der Waals surface area (Å²) in [7, 11) is 0. The van der Waals surface area contributed by atoms with Gasteiger partial charge in [-0.2, -0.15) is 0 Å². The summed E-state index contributed by atoms with van der Waals surface area (Å²) in [5.41, 5.74) is 3.70. The van der Waals surface area contributed by atoms with E-state index in [9.17, 15) is 9.59 Å². The fraction of sp³-hybridized carbons (Fsp3) is 0.421. The number of likely N-dealkylation sites (tertiary alicyclic amines) is 1. The summed E-state index contributed by atoms with van der Waals surface area (Å²) < 4.78 is 7.80. The normalized spacial score (nSPS) is 19.2. The largest absolute Gasteiger partial charge is 0.446 e. The Hall–Kier alpha value is -4.70. The molecule has 1 saturated carbocycles. The van der Waals surface area contributed by atoms with Gasteiger partial charge in [-0.3, -0.25) is 9.69 Å². The van der Waals surface area contributed by atoms with Crippen LogP contribution in [0.4, 0.5) is 10.5 Å². The van der Waals surface area contributed by atoms with Crippen molar-refractivity contribution in [2.24, 2.45) is 0 Å². The average molecular weight is 648 g/mol. The summed E-state index contributed by atoms with van der Waals surface area (Å²) in [6.07, 6.45) is 8.44. The van der Waals surface area contributed by atoms with Gasteiger partial charge in [0.1, 0.15) is 11.6 Å². The fourth-order valence-corrected chi connectivity index (χ4v) is 7.66. The van der Waals surface area contributed by atoms with Gasteiger partial charge in [-0.1, -0.05) is 84.1 Å². The number of aromatic nitrogens is 3. The summed E-state index contributed by atoms with van der Waals surface area (Å²) in [6, 6.07) is 30.3. The van der Waals surface area contributed by atoms with E-state index in [-0.39, 0.29) is 30.2 Å². The minimum absolute atomic E-state index is 0.0216. The molecule has 2 amide bonds. The molecule has 2 atom stereocenters. The summed E-state index contributed by atoms with van der Waals surface area (Å²) in [4.78, 5) is 31.0. The van der Waals surface area contributed by atoms with Crippen molar-refractivity contribution in [1.29, 1.82) is 0 Å². The van der Waals surface area contributed by atoms with Gasteiger partial charge in [-0.25, -0.2) is 9.48 Å². The van der Waals surface area contributed by atoms with Crippen molar-refractivity contribution < 1.29 is 14.3 Å². The molecule has 1 spiro atoms. The molecule has 2 N–H and O–H groups in total. The Morgan fingerprint density at radius 2 is 1.52 bits per heavy atom. The van der Waals surface area contributed by atoms with Gasteiger partial charge in [0.15, 0.2) is 0 Å². The molecule has 7 rings (SSSR count). The molecule has 3 aromatic carbocycles. The van der Waals surface area contributed by atoms with Gasteiger partial charge in [-0.15, -0.1) is 5.10 Å². The topological polar surface area (TPSA) is 105 Å². The van der Waals surface area contributed by atoms with Crippen LogP contribution in [0.1, 0.15) is 61.4 Å². The Morgan fingerprint density at radius 1 is 0.896 bits per heavy atom. The van der Waals surface area contributed by atoms with Gasteiger partial charge >= 0.3 is 6.09 Å². The standard InChI is InChI=1S/C38H45N7O3/c46-36-38(44(28-39-36)32-16-8-3-9-17-32)20-22-43(23-21-38)26-31-27-45(42-41-31)35(25-30-14-6-2-7-15-30)34(24-29-12-4-1-5-13-29)40-37(47)48-33-18-10-11-19-33/h1-9,12-17,27,33-35H,10-11,18-26,28H2,(H,39,46)(H,40,47)/t34-,35-/m0/s1. The molecule has 48 heavy (non-hydrogen) atoms. The van der Waals surface area contributed by atoms with E-state index in [0.717, 1.165) is 74.1 Å². The van der Waals surface area contributed by atoms with Crippen molar-refractivity contribution in [3.8, 4) is 0 Å². The van der Waals surface area contributed by atoms with Crippen molar-refractivity contribution in [2.45, 2.75) is 81.6 Å². The second-order valence-electron chi connectivity index (χ2n) is 13.4. The number of carbonyl (C=O) groups is 2. The third kappa shape index (κ3) is 7.23. The molecule has 0 bridgehead atoms. The lowest BCUT2D eigenvalue weighted by atomic mass is 9.85. The number of anilines is 1. The molecule has 2 saturated heterocycles. The molecule has 3 fully saturated rings. The van der Waals surface area contributed by atoms with E-state index in [0.29, 0.717) is 26.1 Å². The molecule has 2 aliphatic heterocycles. The molecule has 3 aliphatic rings. The number of alkyl carbamates (subject to hydrolysis) is 1. The number of nitrogens with one attached hydrogen (secondary N) is 2. The van der Waals surface area contributed by atoms with E-state index in [1.807, 2.05) is 65.5 Å². The van der Waals surface area contributed by atoms with Crippen LogP contribution in [0.5, 0.6) is 0 Å². The minimum Gasteiger partial charge on any atom is -0.446 e. The maximum atomic E-state index is 13.3. The summed E-state index contributed by atoms with van der Waals surface area (Å²) in [5, 5.41) is 15.6. The van der Waals surface area contributed by atoms with Crippen molar-refractivity contribution in [3.63, 3.8) is 0 Å². The number of ether oxygens (including phenoxy) is 1. The van der Waals surface area contributed by atoms with Gasteiger partial charge in [0.05, 0.1) is 30.6 Å². The van der Waals surface area contributed by atoms with Crippen LogP contribution in [0.25, 0.3) is 0 Å². The lowest BCUT2D eigenvalue weighted by Gasteiger charge is -2.43. The number of carbonyl (C=O) groups excluding carboxylic acids is 2. The first-order chi connectivity index (χ1) is 23.6. The molecule has 0 radical (unpaired) electrons. The summed E-state index contributed by atoms with van der Waals surface area (Å²) >= 11 is 0. The number of hydrogen-bond acceptors (Lipinski definition) is 7. The van der Waals surface area contributed by atoms with E-state index in [1.165, 1.54) is 0 Å². The van der Waals surface area contributed by atoms with E-state index in [4.69, 9.17) is 4.74 Å². The average Bonchev–Trinajstić information content (AvgIpc) is 3.87. The number of para-hydroxylation sites is 1. The second kappa shape index (κ2) is 14.6. The van der Waals surface area contributed by atoms with Gasteiger partial charge in [-0.05, 0) is 74.6 Å². The van der Waals surface area contributed by atoms with Crippen molar-refractivity contribution >= 4 is 17.7 Å². The zero-order valence-electron chi connectivity index (χ0n) is 27.4. The molecule has 1 aliphatic carbocycles. The number of piperidine rings is 1. The second-order valence-corrected chi connectivity index (χ2v) is 13.4. The Bertz CT molecular complexity index is 1630. The zero-order valence-corrected chi connectivity index (χ0v) is 27.4. The number of nitrogens with zero attached hydrogens (tertiary/aromatic N) is 5. The summed E-state index contributed by atoms with van der Waals surface area (Å²) in [6.45, 7) is 2.73. The first-order valence-electron chi connectivity index (χ1n) is 17.3. The number of rotatable bonds is 11. The van der Waals surface area contributed by atoms with Gasteiger partial charge in [0.2, 0.25) is 5.91 Å². The van der Waals surface area contributed by atoms with Crippen molar-refractivity contribution in [1.82, 2.24) is 30.5 Å². The molecule has 250 valence electrons. The monoisotopic (exact) mass is 647 g/mol. The van der Waals surface area contributed by atoms with Crippen LogP contribution >= 0.6 is 0 Å². The zero-order chi connectivity index (χ0) is 32.8. The smallest absolute Gasteiger partial charge is 0.407 e. The van der Waals surface area contributed by atoms with Crippen LogP contribution < -0.4 is 15.5 Å². The lowest BCUT2D eigenvalue weighted by Crippen LogP contribution is -2.56. The predicted octanol–water partition coefficient (Wildman–Crippen LogP) is 5.27. The third-order valence-corrected chi connectivity index (χ3v) is 10.3. The van der Waals surface area contributed by atoms with Crippen LogP contribution in [-0.4, -0.2) is 69.3 Å². The Labute approximate surface area is 282 Å². The van der Waals surface area contributed by atoms with E-state index < -0.39 is 5.54 Å². The molecular formula is C38H45N7O3. The van der Waals surface area contributed by atoms with Crippen LogP contribution in [0.3, 0.4) is 0 Å². The number of benzene rings is 3. The Kier molecular flexibility index (Phi) is 9.70. The maximum Gasteiger partial charge on any atom is 0.407 e. The fourth-order valence-electron chi connectivity index (χ4n) is 7.66. The summed E-state index contributed by atoms with van der Waals surface area (Å²) in [5.74, 6) is 0.115. The molecule has 1 aromatic heterocycles. The Balaban J connectivity index is 1.08. The molecule has 0 unspecified atom stereocenters. The highest BCUT2D eigenvalue weighted by Gasteiger charge is 2.50. The van der Waals surface area contributed by atoms with Crippen LogP contribution in [-0.2, 0) is 28.9 Å². The van der Waals surface area contributed by atoms with Crippen LogP contribution in [0.2, 0.25) is 0 Å². The van der Waals surface area contributed by atoms with E-state index >= 15 is 0 Å². The van der Waals surface area contributed by atoms with Crippen LogP contribution in [0.15, 0.2) is 97.2 Å². The number of hydrogen-bond donors (Lipinski definition) is 2. The van der Waals surface area contributed by atoms with Crippen molar-refractivity contribution in [3.05, 3.63) is 114 Å². The minimum atomic E-state index is -0.528. The molecular weight excluding hydrogens is 602 g/mol. The highest BCUT2D eigenvalue weighted by molar-refractivity contribution is 5.93. The quantitative estimate of drug-likeness (QED) is 0.229. The molecule has 10 heteroatoms. The first kappa shape index (κ1) is 31.9. The highest BCUT2D eigenvalue weighted by Crippen LogP contribution is 2.36. The van der Waals surface area contributed by atoms with Gasteiger partial charge < -0.3 is 20.3 Å².